The Hall–Kier alpha value is -2.95. The number of fused-ring (bicyclic) bond motifs is 2. The molecule has 4 aromatic rings. The normalized spacial score (nSPS) is 22.3. The van der Waals surface area contributed by atoms with Crippen molar-refractivity contribution >= 4 is 43.8 Å². The molecule has 1 amide bonds. The summed E-state index contributed by atoms with van der Waals surface area (Å²) in [6.07, 6.45) is 7.16. The van der Waals surface area contributed by atoms with Gasteiger partial charge in [0.25, 0.3) is 0 Å². The zero-order valence-electron chi connectivity index (χ0n) is 19.9. The van der Waals surface area contributed by atoms with Crippen molar-refractivity contribution in [1.29, 1.82) is 0 Å². The number of amides is 1. The smallest absolute Gasteiger partial charge is 0.223 e. The molecule has 0 unspecified atom stereocenters. The van der Waals surface area contributed by atoms with Gasteiger partial charge in [-0.2, -0.15) is 5.10 Å². The van der Waals surface area contributed by atoms with Gasteiger partial charge in [0.15, 0.2) is 5.65 Å². The molecule has 36 heavy (non-hydrogen) atoms. The molecule has 1 aliphatic carbocycles. The van der Waals surface area contributed by atoms with Crippen LogP contribution in [0.3, 0.4) is 0 Å². The fourth-order valence-corrected chi connectivity index (χ4v) is 5.69. The standard InChI is InChI=1S/C26H28BrN7O2/c27-24-21-14-30-23(11-16-3-4-18(10-16)26(35)31-13-19-15-36-9-8-28-19)32-25(21)34(33-24)20-5-6-22-17(12-20)2-1-7-29-22/h1-2,5-7,12,14,16,18-19,28H,3-4,8-11,13,15H2,(H,31,35)/t16-,18-,19+/m1/s1. The first kappa shape index (κ1) is 23.4. The van der Waals surface area contributed by atoms with Crippen LogP contribution >= 0.6 is 15.9 Å². The average Bonchev–Trinajstić information content (AvgIpc) is 3.52. The summed E-state index contributed by atoms with van der Waals surface area (Å²) in [5.74, 6) is 1.37. The molecule has 0 bridgehead atoms. The Morgan fingerprint density at radius 3 is 3.08 bits per heavy atom. The van der Waals surface area contributed by atoms with Gasteiger partial charge in [0.1, 0.15) is 10.4 Å². The third kappa shape index (κ3) is 4.85. The molecule has 9 nitrogen and oxygen atoms in total. The van der Waals surface area contributed by atoms with E-state index in [4.69, 9.17) is 9.72 Å². The first-order valence-corrected chi connectivity index (χ1v) is 13.3. The number of carbonyl (C=O) groups excluding carboxylic acids is 1. The molecule has 0 radical (unpaired) electrons. The molecular weight excluding hydrogens is 522 g/mol. The minimum Gasteiger partial charge on any atom is -0.378 e. The summed E-state index contributed by atoms with van der Waals surface area (Å²) >= 11 is 3.56. The number of hydrogen-bond donors (Lipinski definition) is 2. The van der Waals surface area contributed by atoms with E-state index in [9.17, 15) is 4.79 Å². The lowest BCUT2D eigenvalue weighted by Crippen LogP contribution is -2.49. The van der Waals surface area contributed by atoms with Gasteiger partial charge in [0.05, 0.1) is 29.8 Å². The van der Waals surface area contributed by atoms with Crippen molar-refractivity contribution in [3.05, 3.63) is 53.2 Å². The van der Waals surface area contributed by atoms with Gasteiger partial charge in [0, 0.05) is 49.2 Å². The van der Waals surface area contributed by atoms with Crippen LogP contribution in [0.4, 0.5) is 0 Å². The second kappa shape index (κ2) is 10.2. The number of nitrogens with one attached hydrogen (secondary N) is 2. The zero-order chi connectivity index (χ0) is 24.5. The summed E-state index contributed by atoms with van der Waals surface area (Å²) in [7, 11) is 0. The van der Waals surface area contributed by atoms with Gasteiger partial charge in [-0.05, 0) is 65.4 Å². The largest absolute Gasteiger partial charge is 0.378 e. The van der Waals surface area contributed by atoms with Crippen LogP contribution in [-0.2, 0) is 16.0 Å². The van der Waals surface area contributed by atoms with E-state index in [0.717, 1.165) is 72.3 Å². The molecule has 0 spiro atoms. The van der Waals surface area contributed by atoms with Gasteiger partial charge in [-0.15, -0.1) is 0 Å². The van der Waals surface area contributed by atoms with E-state index in [1.54, 1.807) is 6.20 Å². The number of ether oxygens (including phenoxy) is 1. The summed E-state index contributed by atoms with van der Waals surface area (Å²) < 4.78 is 8.04. The van der Waals surface area contributed by atoms with Gasteiger partial charge in [0.2, 0.25) is 5.91 Å². The number of morpholine rings is 1. The predicted molar refractivity (Wildman–Crippen MR) is 140 cm³/mol. The van der Waals surface area contributed by atoms with E-state index in [-0.39, 0.29) is 17.9 Å². The number of carbonyl (C=O) groups is 1. The maximum atomic E-state index is 12.7. The van der Waals surface area contributed by atoms with Crippen molar-refractivity contribution in [2.75, 3.05) is 26.3 Å². The molecule has 2 fully saturated rings. The Morgan fingerprint density at radius 1 is 1.25 bits per heavy atom. The molecule has 1 aliphatic heterocycles. The highest BCUT2D eigenvalue weighted by molar-refractivity contribution is 9.10. The second-order valence-corrected chi connectivity index (χ2v) is 10.4. The first-order valence-electron chi connectivity index (χ1n) is 12.5. The van der Waals surface area contributed by atoms with Crippen LogP contribution in [0, 0.1) is 11.8 Å². The van der Waals surface area contributed by atoms with Crippen molar-refractivity contribution in [2.45, 2.75) is 31.7 Å². The van der Waals surface area contributed by atoms with Gasteiger partial charge in [-0.1, -0.05) is 6.07 Å². The highest BCUT2D eigenvalue weighted by Gasteiger charge is 2.31. The topological polar surface area (TPSA) is 107 Å². The molecule has 6 rings (SSSR count). The quantitative estimate of drug-likeness (QED) is 0.380. The Labute approximate surface area is 217 Å². The van der Waals surface area contributed by atoms with E-state index >= 15 is 0 Å². The number of benzene rings is 1. The Kier molecular flexibility index (Phi) is 6.64. The van der Waals surface area contributed by atoms with Gasteiger partial charge >= 0.3 is 0 Å². The minimum absolute atomic E-state index is 0.0501. The van der Waals surface area contributed by atoms with E-state index in [0.29, 0.717) is 23.7 Å². The van der Waals surface area contributed by atoms with Crippen LogP contribution in [0.2, 0.25) is 0 Å². The number of aromatic nitrogens is 5. The molecule has 1 aromatic carbocycles. The Balaban J connectivity index is 1.15. The average molecular weight is 550 g/mol. The Morgan fingerprint density at radius 2 is 2.19 bits per heavy atom. The maximum Gasteiger partial charge on any atom is 0.223 e. The fourth-order valence-electron chi connectivity index (χ4n) is 5.25. The molecule has 3 aromatic heterocycles. The third-order valence-electron chi connectivity index (χ3n) is 7.16. The number of hydrogen-bond acceptors (Lipinski definition) is 7. The maximum absolute atomic E-state index is 12.7. The van der Waals surface area contributed by atoms with Crippen LogP contribution in [0.15, 0.2) is 47.3 Å². The number of nitrogens with zero attached hydrogens (tertiary/aromatic N) is 5. The van der Waals surface area contributed by atoms with Gasteiger partial charge in [-0.25, -0.2) is 14.6 Å². The van der Waals surface area contributed by atoms with Crippen molar-refractivity contribution < 1.29 is 9.53 Å². The summed E-state index contributed by atoms with van der Waals surface area (Å²) in [5.41, 5.74) is 2.63. The summed E-state index contributed by atoms with van der Waals surface area (Å²) in [6, 6.07) is 10.2. The molecule has 2 aliphatic rings. The van der Waals surface area contributed by atoms with E-state index in [1.807, 2.05) is 35.1 Å². The first-order chi connectivity index (χ1) is 17.6. The molecule has 10 heteroatoms. The Bertz CT molecular complexity index is 1400. The third-order valence-corrected chi connectivity index (χ3v) is 7.75. The predicted octanol–water partition coefficient (Wildman–Crippen LogP) is 3.19. The SMILES string of the molecule is O=C(NC[C@H]1COCCN1)[C@@H]1CC[C@@H](Cc2ncc3c(Br)nn(-c4ccc5ncccc5c4)c3n2)C1. The van der Waals surface area contributed by atoms with Crippen LogP contribution in [-0.4, -0.2) is 63.0 Å². The molecular formula is C26H28BrN7O2. The minimum atomic E-state index is 0.0501. The van der Waals surface area contributed by atoms with Crippen LogP contribution in [0.5, 0.6) is 0 Å². The van der Waals surface area contributed by atoms with Crippen molar-refractivity contribution in [2.24, 2.45) is 11.8 Å². The molecule has 2 N–H and O–H groups in total. The fraction of sp³-hybridized carbons (Fsp3) is 0.423. The van der Waals surface area contributed by atoms with Gasteiger partial charge in [-0.3, -0.25) is 9.78 Å². The number of halogens is 1. The number of rotatable bonds is 6. The molecule has 186 valence electrons. The van der Waals surface area contributed by atoms with E-state index in [2.05, 4.69) is 47.7 Å². The zero-order valence-corrected chi connectivity index (χ0v) is 21.4. The van der Waals surface area contributed by atoms with Crippen molar-refractivity contribution in [3.8, 4) is 5.69 Å². The lowest BCUT2D eigenvalue weighted by molar-refractivity contribution is -0.125. The second-order valence-electron chi connectivity index (χ2n) is 9.66. The lowest BCUT2D eigenvalue weighted by Gasteiger charge is -2.24. The van der Waals surface area contributed by atoms with Crippen LogP contribution in [0.25, 0.3) is 27.6 Å². The summed E-state index contributed by atoms with van der Waals surface area (Å²) in [6.45, 7) is 2.84. The lowest BCUT2D eigenvalue weighted by atomic mass is 10.0. The number of pyridine rings is 1. The molecule has 3 atom stereocenters. The molecule has 4 heterocycles. The van der Waals surface area contributed by atoms with Crippen LogP contribution < -0.4 is 10.6 Å². The molecule has 1 saturated heterocycles. The monoisotopic (exact) mass is 549 g/mol. The summed E-state index contributed by atoms with van der Waals surface area (Å²) in [4.78, 5) is 26.7. The van der Waals surface area contributed by atoms with Crippen LogP contribution in [0.1, 0.15) is 25.1 Å². The highest BCUT2D eigenvalue weighted by Crippen LogP contribution is 2.33. The molecule has 1 saturated carbocycles. The van der Waals surface area contributed by atoms with Gasteiger partial charge < -0.3 is 15.4 Å². The van der Waals surface area contributed by atoms with Crippen molar-refractivity contribution in [1.82, 2.24) is 35.4 Å². The highest BCUT2D eigenvalue weighted by atomic mass is 79.9. The van der Waals surface area contributed by atoms with E-state index in [1.165, 1.54) is 0 Å². The van der Waals surface area contributed by atoms with Crippen molar-refractivity contribution in [3.63, 3.8) is 0 Å². The van der Waals surface area contributed by atoms with E-state index < -0.39 is 0 Å². The summed E-state index contributed by atoms with van der Waals surface area (Å²) in [5, 5.41) is 13.1.